The van der Waals surface area contributed by atoms with Crippen LogP contribution in [0.25, 0.3) is 0 Å². The Morgan fingerprint density at radius 1 is 0.811 bits per heavy atom. The number of carbonyl (C=O) groups is 3. The van der Waals surface area contributed by atoms with Gasteiger partial charge in [0.25, 0.3) is 23.4 Å². The summed E-state index contributed by atoms with van der Waals surface area (Å²) in [5.74, 6) is -1.27. The smallest absolute Gasteiger partial charge is 0.270 e. The van der Waals surface area contributed by atoms with Gasteiger partial charge in [-0.1, -0.05) is 23.2 Å². The van der Waals surface area contributed by atoms with Crippen molar-refractivity contribution in [3.8, 4) is 11.5 Å². The predicted molar refractivity (Wildman–Crippen MR) is 134 cm³/mol. The van der Waals surface area contributed by atoms with Crippen molar-refractivity contribution in [2.24, 2.45) is 0 Å². The molecule has 1 fully saturated rings. The lowest BCUT2D eigenvalue weighted by Crippen LogP contribution is -2.67. The molecule has 0 bridgehead atoms. The van der Waals surface area contributed by atoms with Crippen molar-refractivity contribution in [2.45, 2.75) is 12.1 Å². The van der Waals surface area contributed by atoms with Crippen LogP contribution in [0.4, 0.5) is 11.4 Å². The Labute approximate surface area is 220 Å². The van der Waals surface area contributed by atoms with Gasteiger partial charge in [0.15, 0.2) is 0 Å². The minimum atomic E-state index is -1.27. The number of nitrogens with zero attached hydrogens (tertiary/aromatic N) is 3. The Morgan fingerprint density at radius 2 is 1.49 bits per heavy atom. The summed E-state index contributed by atoms with van der Waals surface area (Å²) in [5, 5.41) is 11.8. The molecule has 0 radical (unpaired) electrons. The number of carbonyl (C=O) groups excluding carboxylic acids is 3. The number of amides is 3. The van der Waals surface area contributed by atoms with Crippen molar-refractivity contribution in [1.82, 2.24) is 4.90 Å². The molecule has 0 saturated carbocycles. The highest BCUT2D eigenvalue weighted by Crippen LogP contribution is 2.48. The fourth-order valence-electron chi connectivity index (χ4n) is 4.68. The van der Waals surface area contributed by atoms with Crippen LogP contribution >= 0.6 is 23.2 Å². The number of hydrogen-bond donors (Lipinski definition) is 0. The summed E-state index contributed by atoms with van der Waals surface area (Å²) >= 11 is 12.4. The lowest BCUT2D eigenvalue weighted by atomic mass is 9.85. The van der Waals surface area contributed by atoms with Crippen molar-refractivity contribution >= 4 is 52.3 Å². The van der Waals surface area contributed by atoms with E-state index >= 15 is 0 Å². The third kappa shape index (κ3) is 3.85. The van der Waals surface area contributed by atoms with Gasteiger partial charge in [-0.05, 0) is 42.5 Å². The number of anilines is 1. The maximum absolute atomic E-state index is 13.6. The number of β-lactam (4-membered cyclic amide) rings is 1. The summed E-state index contributed by atoms with van der Waals surface area (Å²) < 4.78 is 10.9. The lowest BCUT2D eigenvalue weighted by Gasteiger charge is -2.50. The molecular weight excluding hydrogens is 525 g/mol. The van der Waals surface area contributed by atoms with Gasteiger partial charge in [-0.15, -0.1) is 0 Å². The zero-order valence-corrected chi connectivity index (χ0v) is 20.8. The molecule has 188 valence electrons. The first kappa shape index (κ1) is 24.5. The van der Waals surface area contributed by atoms with Gasteiger partial charge in [0.1, 0.15) is 17.5 Å². The third-order valence-corrected chi connectivity index (χ3v) is 6.78. The van der Waals surface area contributed by atoms with E-state index in [1.54, 1.807) is 18.2 Å². The van der Waals surface area contributed by atoms with E-state index in [0.29, 0.717) is 22.7 Å². The van der Waals surface area contributed by atoms with E-state index < -0.39 is 34.7 Å². The highest BCUT2D eigenvalue weighted by molar-refractivity contribution is 6.35. The van der Waals surface area contributed by atoms with Crippen LogP contribution in [0.15, 0.2) is 54.6 Å². The van der Waals surface area contributed by atoms with E-state index in [-0.39, 0.29) is 26.9 Å². The van der Waals surface area contributed by atoms with Gasteiger partial charge in [0, 0.05) is 33.4 Å². The molecule has 0 spiro atoms. The van der Waals surface area contributed by atoms with Crippen molar-refractivity contribution in [3.05, 3.63) is 91.4 Å². The number of hydrogen-bond acceptors (Lipinski definition) is 7. The zero-order chi connectivity index (χ0) is 26.6. The number of fused-ring (bicyclic) bond motifs is 1. The number of imide groups is 1. The number of ether oxygens (including phenoxy) is 2. The molecule has 0 N–H and O–H groups in total. The second-order valence-corrected chi connectivity index (χ2v) is 9.17. The van der Waals surface area contributed by atoms with Crippen LogP contribution in [0.5, 0.6) is 11.5 Å². The number of methoxy groups -OCH3 is 2. The summed E-state index contributed by atoms with van der Waals surface area (Å²) in [5.41, 5.74) is 0.297. The van der Waals surface area contributed by atoms with Crippen molar-refractivity contribution in [1.29, 1.82) is 0 Å². The van der Waals surface area contributed by atoms with Crippen LogP contribution in [0.3, 0.4) is 0 Å². The van der Waals surface area contributed by atoms with Gasteiger partial charge in [-0.3, -0.25) is 29.4 Å². The van der Waals surface area contributed by atoms with Gasteiger partial charge in [0.05, 0.1) is 36.3 Å². The Balaban J connectivity index is 1.65. The number of nitro benzene ring substituents is 1. The number of benzene rings is 3. The normalized spacial score (nSPS) is 18.5. The maximum Gasteiger partial charge on any atom is 0.270 e. The monoisotopic (exact) mass is 541 g/mol. The van der Waals surface area contributed by atoms with E-state index in [1.807, 2.05) is 0 Å². The Kier molecular flexibility index (Phi) is 6.01. The van der Waals surface area contributed by atoms with Gasteiger partial charge in [0.2, 0.25) is 0 Å². The van der Waals surface area contributed by atoms with E-state index in [2.05, 4.69) is 0 Å². The highest BCUT2D eigenvalue weighted by atomic mass is 35.5. The molecule has 2 aliphatic heterocycles. The molecule has 10 nitrogen and oxygen atoms in total. The molecule has 0 unspecified atom stereocenters. The Bertz CT molecular complexity index is 1490. The lowest BCUT2D eigenvalue weighted by molar-refractivity contribution is -0.384. The number of nitro groups is 1. The minimum absolute atomic E-state index is 0.0241. The van der Waals surface area contributed by atoms with E-state index in [9.17, 15) is 24.5 Å². The third-order valence-electron chi connectivity index (χ3n) is 6.34. The molecule has 2 aliphatic rings. The first-order valence-corrected chi connectivity index (χ1v) is 11.6. The molecule has 2 heterocycles. The van der Waals surface area contributed by atoms with Gasteiger partial charge in [-0.25, -0.2) is 0 Å². The fourth-order valence-corrected chi connectivity index (χ4v) is 5.20. The summed E-state index contributed by atoms with van der Waals surface area (Å²) in [6.07, 6.45) is 0. The second kappa shape index (κ2) is 9.06. The number of non-ortho nitro benzene ring substituents is 1. The SMILES string of the molecule is COc1ccc(OC)c([C@H]2[C@@H](N3C(=O)c4ccc([N+](=O)[O-])cc4C3=O)C(=O)N2c2cc(Cl)cc(Cl)c2)c1. The van der Waals surface area contributed by atoms with Crippen LogP contribution in [-0.4, -0.2) is 47.8 Å². The highest BCUT2D eigenvalue weighted by Gasteiger charge is 2.58. The predicted octanol–water partition coefficient (Wildman–Crippen LogP) is 4.67. The van der Waals surface area contributed by atoms with Crippen LogP contribution in [-0.2, 0) is 4.79 Å². The van der Waals surface area contributed by atoms with Crippen LogP contribution < -0.4 is 14.4 Å². The fraction of sp³-hybridized carbons (Fsp3) is 0.160. The molecule has 3 aromatic carbocycles. The zero-order valence-electron chi connectivity index (χ0n) is 19.3. The summed E-state index contributed by atoms with van der Waals surface area (Å²) in [6, 6.07) is 10.7. The van der Waals surface area contributed by atoms with Crippen LogP contribution in [0.1, 0.15) is 32.3 Å². The summed E-state index contributed by atoms with van der Waals surface area (Å²) in [7, 11) is 2.92. The van der Waals surface area contributed by atoms with Crippen LogP contribution in [0.2, 0.25) is 10.0 Å². The standard InChI is InChI=1S/C25H17Cl2N3O7/c1-36-16-4-6-20(37-2)19(11-16)21-22(25(33)28(21)15-8-12(26)7-13(27)9-15)29-23(31)17-5-3-14(30(34)35)10-18(17)24(29)32/h3-11,21-22H,1-2H3/t21-,22+/m0/s1. The largest absolute Gasteiger partial charge is 0.497 e. The van der Waals surface area contributed by atoms with Gasteiger partial charge in [-0.2, -0.15) is 0 Å². The average Bonchev–Trinajstić information content (AvgIpc) is 3.10. The molecule has 1 saturated heterocycles. The molecule has 0 aliphatic carbocycles. The first-order valence-electron chi connectivity index (χ1n) is 10.8. The summed E-state index contributed by atoms with van der Waals surface area (Å²) in [4.78, 5) is 53.1. The quantitative estimate of drug-likeness (QED) is 0.192. The first-order chi connectivity index (χ1) is 17.7. The number of rotatable bonds is 6. The minimum Gasteiger partial charge on any atom is -0.497 e. The van der Waals surface area contributed by atoms with Crippen molar-refractivity contribution in [2.75, 3.05) is 19.1 Å². The van der Waals surface area contributed by atoms with E-state index in [1.165, 1.54) is 43.4 Å². The maximum atomic E-state index is 13.6. The van der Waals surface area contributed by atoms with Crippen molar-refractivity contribution < 1.29 is 28.8 Å². The van der Waals surface area contributed by atoms with Gasteiger partial charge >= 0.3 is 0 Å². The van der Waals surface area contributed by atoms with E-state index in [4.69, 9.17) is 32.7 Å². The molecule has 2 atom stereocenters. The molecule has 3 amide bonds. The molecule has 5 rings (SSSR count). The van der Waals surface area contributed by atoms with Gasteiger partial charge < -0.3 is 14.4 Å². The average molecular weight is 542 g/mol. The summed E-state index contributed by atoms with van der Waals surface area (Å²) in [6.45, 7) is 0. The second-order valence-electron chi connectivity index (χ2n) is 8.30. The Hall–Kier alpha value is -4.15. The topological polar surface area (TPSA) is 119 Å². The van der Waals surface area contributed by atoms with Crippen LogP contribution in [0, 0.1) is 10.1 Å². The molecule has 37 heavy (non-hydrogen) atoms. The molecule has 3 aromatic rings. The number of halogens is 2. The van der Waals surface area contributed by atoms with Crippen molar-refractivity contribution in [3.63, 3.8) is 0 Å². The molecule has 12 heteroatoms. The molecular formula is C25H17Cl2N3O7. The molecule has 0 aromatic heterocycles. The Morgan fingerprint density at radius 3 is 2.11 bits per heavy atom. The van der Waals surface area contributed by atoms with E-state index in [0.717, 1.165) is 17.0 Å².